The highest BCUT2D eigenvalue weighted by atomic mass is 32.1. The number of methoxy groups -OCH3 is 1. The van der Waals surface area contributed by atoms with Crippen LogP contribution in [-0.4, -0.2) is 31.6 Å². The Morgan fingerprint density at radius 1 is 1.56 bits per heavy atom. The molecule has 0 spiro atoms. The van der Waals surface area contributed by atoms with E-state index in [4.69, 9.17) is 0 Å². The van der Waals surface area contributed by atoms with Crippen molar-refractivity contribution in [2.24, 2.45) is 5.92 Å². The molecule has 1 aromatic rings. The standard InChI is InChI=1S/C12H16N2O3S/c1-7-3-5-13-9(7)11(15)14-8-4-6-18-10(8)12(16)17-2/h4,6-7,9,13H,3,5H2,1-2H3,(H,14,15). The molecule has 1 amide bonds. The normalized spacial score (nSPS) is 22.8. The number of ether oxygens (including phenoxy) is 1. The summed E-state index contributed by atoms with van der Waals surface area (Å²) in [7, 11) is 1.33. The van der Waals surface area contributed by atoms with Gasteiger partial charge in [0.15, 0.2) is 0 Å². The molecule has 1 aliphatic heterocycles. The minimum Gasteiger partial charge on any atom is -0.465 e. The fourth-order valence-corrected chi connectivity index (χ4v) is 2.82. The van der Waals surface area contributed by atoms with E-state index in [0.717, 1.165) is 13.0 Å². The lowest BCUT2D eigenvalue weighted by Gasteiger charge is -2.15. The highest BCUT2D eigenvalue weighted by Gasteiger charge is 2.30. The number of nitrogens with one attached hydrogen (secondary N) is 2. The molecule has 2 heterocycles. The summed E-state index contributed by atoms with van der Waals surface area (Å²) < 4.78 is 4.67. The van der Waals surface area contributed by atoms with Crippen LogP contribution in [0.5, 0.6) is 0 Å². The molecule has 6 heteroatoms. The molecule has 2 rings (SSSR count). The molecular weight excluding hydrogens is 252 g/mol. The van der Waals surface area contributed by atoms with Crippen molar-refractivity contribution in [1.82, 2.24) is 5.32 Å². The largest absolute Gasteiger partial charge is 0.465 e. The summed E-state index contributed by atoms with van der Waals surface area (Å²) in [4.78, 5) is 24.0. The summed E-state index contributed by atoms with van der Waals surface area (Å²) in [6.07, 6.45) is 0.992. The van der Waals surface area contributed by atoms with E-state index in [-0.39, 0.29) is 11.9 Å². The SMILES string of the molecule is COC(=O)c1sccc1NC(=O)C1NCCC1C. The van der Waals surface area contributed by atoms with Crippen molar-refractivity contribution in [3.05, 3.63) is 16.3 Å². The van der Waals surface area contributed by atoms with Gasteiger partial charge in [0, 0.05) is 0 Å². The van der Waals surface area contributed by atoms with Gasteiger partial charge in [-0.05, 0) is 30.3 Å². The van der Waals surface area contributed by atoms with Crippen LogP contribution in [0.3, 0.4) is 0 Å². The van der Waals surface area contributed by atoms with Crippen LogP contribution in [0.1, 0.15) is 23.0 Å². The molecule has 1 fully saturated rings. The van der Waals surface area contributed by atoms with Crippen LogP contribution in [0.25, 0.3) is 0 Å². The zero-order chi connectivity index (χ0) is 13.1. The topological polar surface area (TPSA) is 67.4 Å². The highest BCUT2D eigenvalue weighted by Crippen LogP contribution is 2.24. The summed E-state index contributed by atoms with van der Waals surface area (Å²) in [6.45, 7) is 2.89. The molecule has 2 unspecified atom stereocenters. The lowest BCUT2D eigenvalue weighted by molar-refractivity contribution is -0.118. The molecule has 1 aliphatic rings. The number of rotatable bonds is 3. The van der Waals surface area contributed by atoms with Gasteiger partial charge in [-0.1, -0.05) is 6.92 Å². The van der Waals surface area contributed by atoms with E-state index >= 15 is 0 Å². The average molecular weight is 268 g/mol. The second-order valence-corrected chi connectivity index (χ2v) is 5.26. The van der Waals surface area contributed by atoms with Gasteiger partial charge in [-0.3, -0.25) is 4.79 Å². The Morgan fingerprint density at radius 3 is 2.94 bits per heavy atom. The molecule has 0 saturated carbocycles. The smallest absolute Gasteiger partial charge is 0.350 e. The predicted molar refractivity (Wildman–Crippen MR) is 69.9 cm³/mol. The van der Waals surface area contributed by atoms with Gasteiger partial charge in [0.25, 0.3) is 0 Å². The Balaban J connectivity index is 2.07. The van der Waals surface area contributed by atoms with Crippen molar-refractivity contribution in [2.45, 2.75) is 19.4 Å². The number of carbonyl (C=O) groups excluding carboxylic acids is 2. The molecule has 0 aliphatic carbocycles. The van der Waals surface area contributed by atoms with Crippen molar-refractivity contribution in [3.8, 4) is 0 Å². The lowest BCUT2D eigenvalue weighted by atomic mass is 10.0. The van der Waals surface area contributed by atoms with Crippen LogP contribution in [0.2, 0.25) is 0 Å². The Morgan fingerprint density at radius 2 is 2.33 bits per heavy atom. The van der Waals surface area contributed by atoms with Crippen molar-refractivity contribution < 1.29 is 14.3 Å². The molecule has 0 bridgehead atoms. The second-order valence-electron chi connectivity index (χ2n) is 4.34. The van der Waals surface area contributed by atoms with E-state index in [1.54, 1.807) is 11.4 Å². The molecule has 0 radical (unpaired) electrons. The van der Waals surface area contributed by atoms with Crippen LogP contribution in [0.15, 0.2) is 11.4 Å². The molecule has 5 nitrogen and oxygen atoms in total. The zero-order valence-corrected chi connectivity index (χ0v) is 11.2. The van der Waals surface area contributed by atoms with Crippen molar-refractivity contribution in [1.29, 1.82) is 0 Å². The first-order chi connectivity index (χ1) is 8.63. The third-order valence-corrected chi connectivity index (χ3v) is 4.00. The first kappa shape index (κ1) is 13.0. The number of hydrogen-bond acceptors (Lipinski definition) is 5. The molecule has 1 saturated heterocycles. The van der Waals surface area contributed by atoms with Crippen LogP contribution in [-0.2, 0) is 9.53 Å². The fourth-order valence-electron chi connectivity index (χ4n) is 2.05. The third kappa shape index (κ3) is 2.54. The van der Waals surface area contributed by atoms with Crippen LogP contribution < -0.4 is 10.6 Å². The molecule has 98 valence electrons. The quantitative estimate of drug-likeness (QED) is 0.815. The van der Waals surface area contributed by atoms with Gasteiger partial charge in [-0.15, -0.1) is 11.3 Å². The minimum absolute atomic E-state index is 0.0939. The Kier molecular flexibility index (Phi) is 3.98. The maximum absolute atomic E-state index is 12.1. The molecular formula is C12H16N2O3S. The lowest BCUT2D eigenvalue weighted by Crippen LogP contribution is -2.39. The molecule has 2 atom stereocenters. The Labute approximate surface area is 110 Å². The second kappa shape index (κ2) is 5.49. The van der Waals surface area contributed by atoms with Gasteiger partial charge in [0.05, 0.1) is 18.8 Å². The molecule has 18 heavy (non-hydrogen) atoms. The predicted octanol–water partition coefficient (Wildman–Crippen LogP) is 1.47. The average Bonchev–Trinajstić information content (AvgIpc) is 2.97. The summed E-state index contributed by atoms with van der Waals surface area (Å²) in [5, 5.41) is 7.70. The number of amides is 1. The van der Waals surface area contributed by atoms with Gasteiger partial charge in [-0.2, -0.15) is 0 Å². The number of hydrogen-bond donors (Lipinski definition) is 2. The van der Waals surface area contributed by atoms with Crippen molar-refractivity contribution in [2.75, 3.05) is 19.0 Å². The molecule has 1 aromatic heterocycles. The van der Waals surface area contributed by atoms with E-state index in [2.05, 4.69) is 15.4 Å². The monoisotopic (exact) mass is 268 g/mol. The number of esters is 1. The maximum Gasteiger partial charge on any atom is 0.350 e. The van der Waals surface area contributed by atoms with E-state index in [0.29, 0.717) is 16.5 Å². The van der Waals surface area contributed by atoms with Crippen LogP contribution >= 0.6 is 11.3 Å². The zero-order valence-electron chi connectivity index (χ0n) is 10.4. The van der Waals surface area contributed by atoms with E-state index in [1.165, 1.54) is 18.4 Å². The summed E-state index contributed by atoms with van der Waals surface area (Å²) in [5.74, 6) is -0.207. The summed E-state index contributed by atoms with van der Waals surface area (Å²) in [5.41, 5.74) is 0.526. The van der Waals surface area contributed by atoms with Crippen LogP contribution in [0.4, 0.5) is 5.69 Å². The number of anilines is 1. The molecule has 0 aromatic carbocycles. The summed E-state index contributed by atoms with van der Waals surface area (Å²) >= 11 is 1.26. The van der Waals surface area contributed by atoms with Crippen molar-refractivity contribution >= 4 is 28.9 Å². The third-order valence-electron chi connectivity index (χ3n) is 3.11. The maximum atomic E-state index is 12.1. The van der Waals surface area contributed by atoms with E-state index < -0.39 is 5.97 Å². The Hall–Kier alpha value is -1.40. The first-order valence-electron chi connectivity index (χ1n) is 5.83. The van der Waals surface area contributed by atoms with Gasteiger partial charge in [-0.25, -0.2) is 4.79 Å². The molecule has 2 N–H and O–H groups in total. The number of carbonyl (C=O) groups is 2. The van der Waals surface area contributed by atoms with Gasteiger partial charge < -0.3 is 15.4 Å². The highest BCUT2D eigenvalue weighted by molar-refractivity contribution is 7.12. The van der Waals surface area contributed by atoms with Crippen molar-refractivity contribution in [3.63, 3.8) is 0 Å². The Bertz CT molecular complexity index is 458. The van der Waals surface area contributed by atoms with Crippen LogP contribution in [0, 0.1) is 5.92 Å². The summed E-state index contributed by atoms with van der Waals surface area (Å²) in [6, 6.07) is 1.53. The first-order valence-corrected chi connectivity index (χ1v) is 6.71. The van der Waals surface area contributed by atoms with E-state index in [9.17, 15) is 9.59 Å². The minimum atomic E-state index is -0.423. The van der Waals surface area contributed by atoms with E-state index in [1.807, 2.05) is 6.92 Å². The fraction of sp³-hybridized carbons (Fsp3) is 0.500. The van der Waals surface area contributed by atoms with Gasteiger partial charge in [0.1, 0.15) is 4.88 Å². The number of thiophene rings is 1. The van der Waals surface area contributed by atoms with Gasteiger partial charge >= 0.3 is 5.97 Å². The van der Waals surface area contributed by atoms with Gasteiger partial charge in [0.2, 0.25) is 5.91 Å².